The van der Waals surface area contributed by atoms with E-state index in [1.165, 1.54) is 0 Å². The molecule has 1 aromatic carbocycles. The molecule has 1 N–H and O–H groups in total. The molecule has 1 aromatic heterocycles. The number of rotatable bonds is 4. The van der Waals surface area contributed by atoms with Gasteiger partial charge in [0, 0.05) is 24.8 Å². The molecule has 0 aliphatic carbocycles. The monoisotopic (exact) mass is 321 g/mol. The van der Waals surface area contributed by atoms with Crippen LogP contribution in [0.5, 0.6) is 0 Å². The molecule has 0 spiro atoms. The van der Waals surface area contributed by atoms with Crippen LogP contribution in [0.4, 0.5) is 0 Å². The molecule has 22 heavy (non-hydrogen) atoms. The lowest BCUT2D eigenvalue weighted by molar-refractivity contribution is 0.0858. The van der Waals surface area contributed by atoms with Crippen LogP contribution in [0.15, 0.2) is 18.2 Å². The van der Waals surface area contributed by atoms with Gasteiger partial charge in [0.2, 0.25) is 5.28 Å². The van der Waals surface area contributed by atoms with Gasteiger partial charge in [-0.25, -0.2) is 4.98 Å². The van der Waals surface area contributed by atoms with E-state index in [2.05, 4.69) is 24.1 Å². The molecule has 1 saturated heterocycles. The van der Waals surface area contributed by atoms with Crippen molar-refractivity contribution in [2.75, 3.05) is 13.2 Å². The first-order valence-corrected chi connectivity index (χ1v) is 8.01. The molecule has 1 atom stereocenters. The largest absolute Gasteiger partial charge is 0.376 e. The van der Waals surface area contributed by atoms with E-state index >= 15 is 0 Å². The van der Waals surface area contributed by atoms with E-state index in [4.69, 9.17) is 16.3 Å². The first-order chi connectivity index (χ1) is 10.6. The lowest BCUT2D eigenvalue weighted by Gasteiger charge is -2.11. The van der Waals surface area contributed by atoms with Crippen molar-refractivity contribution in [2.45, 2.75) is 38.8 Å². The Kier molecular flexibility index (Phi) is 4.36. The molecule has 2 aromatic rings. The van der Waals surface area contributed by atoms with E-state index in [0.29, 0.717) is 17.4 Å². The van der Waals surface area contributed by atoms with Crippen molar-refractivity contribution in [2.24, 2.45) is 0 Å². The first kappa shape index (κ1) is 15.3. The summed E-state index contributed by atoms with van der Waals surface area (Å²) in [5, 5.41) is 3.36. The molecule has 1 aliphatic rings. The van der Waals surface area contributed by atoms with E-state index in [0.717, 1.165) is 30.5 Å². The summed E-state index contributed by atoms with van der Waals surface area (Å²) in [6.07, 6.45) is 2.22. The summed E-state index contributed by atoms with van der Waals surface area (Å²) in [5.41, 5.74) is 2.27. The van der Waals surface area contributed by atoms with Crippen LogP contribution in [0, 0.1) is 0 Å². The molecular formula is C16H20ClN3O2. The summed E-state index contributed by atoms with van der Waals surface area (Å²) in [4.78, 5) is 16.6. The zero-order valence-electron chi connectivity index (χ0n) is 12.8. The maximum atomic E-state index is 12.2. The van der Waals surface area contributed by atoms with Crippen LogP contribution in [-0.2, 0) is 4.74 Å². The topological polar surface area (TPSA) is 56.2 Å². The molecule has 1 aliphatic heterocycles. The van der Waals surface area contributed by atoms with Gasteiger partial charge in [0.1, 0.15) is 0 Å². The summed E-state index contributed by atoms with van der Waals surface area (Å²) in [7, 11) is 0. The quantitative estimate of drug-likeness (QED) is 0.941. The number of amides is 1. The van der Waals surface area contributed by atoms with Gasteiger partial charge in [-0.15, -0.1) is 0 Å². The number of carbonyl (C=O) groups excluding carboxylic acids is 1. The van der Waals surface area contributed by atoms with Gasteiger partial charge in [0.05, 0.1) is 17.1 Å². The molecular weight excluding hydrogens is 302 g/mol. The average Bonchev–Trinajstić information content (AvgIpc) is 3.09. The van der Waals surface area contributed by atoms with Crippen molar-refractivity contribution in [3.8, 4) is 0 Å². The van der Waals surface area contributed by atoms with Gasteiger partial charge < -0.3 is 14.6 Å². The van der Waals surface area contributed by atoms with Crippen LogP contribution >= 0.6 is 11.6 Å². The number of hydrogen-bond donors (Lipinski definition) is 1. The Hall–Kier alpha value is -1.59. The second-order valence-electron chi connectivity index (χ2n) is 5.89. The molecule has 0 bridgehead atoms. The number of fused-ring (bicyclic) bond motifs is 1. The van der Waals surface area contributed by atoms with Crippen LogP contribution in [0.2, 0.25) is 5.28 Å². The summed E-state index contributed by atoms with van der Waals surface area (Å²) in [6.45, 7) is 5.44. The summed E-state index contributed by atoms with van der Waals surface area (Å²) in [5.74, 6) is -0.104. The summed E-state index contributed by atoms with van der Waals surface area (Å²) >= 11 is 6.18. The van der Waals surface area contributed by atoms with Gasteiger partial charge in [-0.3, -0.25) is 4.79 Å². The predicted octanol–water partition coefficient (Wildman–Crippen LogP) is 3.18. The second-order valence-corrected chi connectivity index (χ2v) is 6.23. The van der Waals surface area contributed by atoms with Crippen molar-refractivity contribution in [1.29, 1.82) is 0 Å². The number of aromatic nitrogens is 2. The Morgan fingerprint density at radius 3 is 3.05 bits per heavy atom. The highest BCUT2D eigenvalue weighted by atomic mass is 35.5. The average molecular weight is 322 g/mol. The third kappa shape index (κ3) is 2.96. The maximum Gasteiger partial charge on any atom is 0.251 e. The fourth-order valence-electron chi connectivity index (χ4n) is 2.82. The zero-order valence-corrected chi connectivity index (χ0v) is 13.6. The lowest BCUT2D eigenvalue weighted by atomic mass is 10.1. The molecule has 6 heteroatoms. The van der Waals surface area contributed by atoms with Crippen molar-refractivity contribution < 1.29 is 9.53 Å². The molecule has 0 radical (unpaired) electrons. The summed E-state index contributed by atoms with van der Waals surface area (Å²) in [6, 6.07) is 5.71. The van der Waals surface area contributed by atoms with Crippen molar-refractivity contribution in [1.82, 2.24) is 14.9 Å². The fourth-order valence-corrected chi connectivity index (χ4v) is 3.19. The molecule has 1 unspecified atom stereocenters. The van der Waals surface area contributed by atoms with E-state index in [9.17, 15) is 4.79 Å². The number of carbonyl (C=O) groups is 1. The molecule has 1 fully saturated rings. The number of nitrogens with zero attached hydrogens (tertiary/aromatic N) is 2. The molecule has 1 amide bonds. The first-order valence-electron chi connectivity index (χ1n) is 7.63. The van der Waals surface area contributed by atoms with Gasteiger partial charge in [-0.05, 0) is 56.5 Å². The highest BCUT2D eigenvalue weighted by Gasteiger charge is 2.18. The normalized spacial score (nSPS) is 18.3. The van der Waals surface area contributed by atoms with Crippen molar-refractivity contribution in [3.05, 3.63) is 29.0 Å². The smallest absolute Gasteiger partial charge is 0.251 e. The van der Waals surface area contributed by atoms with Crippen LogP contribution < -0.4 is 5.32 Å². The number of benzene rings is 1. The van der Waals surface area contributed by atoms with E-state index in [1.54, 1.807) is 6.07 Å². The molecule has 0 saturated carbocycles. The highest BCUT2D eigenvalue weighted by molar-refractivity contribution is 6.29. The van der Waals surface area contributed by atoms with Crippen LogP contribution in [0.25, 0.3) is 11.0 Å². The molecule has 2 heterocycles. The van der Waals surface area contributed by atoms with Crippen LogP contribution in [0.1, 0.15) is 43.1 Å². The van der Waals surface area contributed by atoms with E-state index < -0.39 is 0 Å². The standard InChI is InChI=1S/C16H20ClN3O2/c1-10(2)20-14-6-5-11(8-13(14)19-16(20)17)15(21)18-9-12-4-3-7-22-12/h5-6,8,10,12H,3-4,7,9H2,1-2H3,(H,18,21). The zero-order chi connectivity index (χ0) is 15.7. The lowest BCUT2D eigenvalue weighted by Crippen LogP contribution is -2.31. The van der Waals surface area contributed by atoms with Gasteiger partial charge in [-0.2, -0.15) is 0 Å². The number of nitrogens with one attached hydrogen (secondary N) is 1. The molecule has 5 nitrogen and oxygen atoms in total. The Morgan fingerprint density at radius 2 is 2.36 bits per heavy atom. The maximum absolute atomic E-state index is 12.2. The van der Waals surface area contributed by atoms with Gasteiger partial charge >= 0.3 is 0 Å². The minimum absolute atomic E-state index is 0.104. The third-order valence-corrected chi connectivity index (χ3v) is 4.21. The minimum Gasteiger partial charge on any atom is -0.376 e. The van der Waals surface area contributed by atoms with Crippen molar-refractivity contribution in [3.63, 3.8) is 0 Å². The Bertz CT molecular complexity index is 690. The Morgan fingerprint density at radius 1 is 1.55 bits per heavy atom. The van der Waals surface area contributed by atoms with E-state index in [-0.39, 0.29) is 18.1 Å². The van der Waals surface area contributed by atoms with Gasteiger partial charge in [0.15, 0.2) is 0 Å². The Balaban J connectivity index is 1.78. The van der Waals surface area contributed by atoms with Gasteiger partial charge in [0.25, 0.3) is 5.91 Å². The summed E-state index contributed by atoms with van der Waals surface area (Å²) < 4.78 is 7.46. The number of ether oxygens (including phenoxy) is 1. The van der Waals surface area contributed by atoms with Crippen LogP contribution in [0.3, 0.4) is 0 Å². The number of hydrogen-bond acceptors (Lipinski definition) is 3. The van der Waals surface area contributed by atoms with Gasteiger partial charge in [-0.1, -0.05) is 0 Å². The van der Waals surface area contributed by atoms with Crippen LogP contribution in [-0.4, -0.2) is 34.7 Å². The fraction of sp³-hybridized carbons (Fsp3) is 0.500. The molecule has 3 rings (SSSR count). The van der Waals surface area contributed by atoms with Crippen molar-refractivity contribution >= 4 is 28.5 Å². The number of halogens is 1. The number of imidazole rings is 1. The third-order valence-electron chi connectivity index (χ3n) is 3.94. The minimum atomic E-state index is -0.104. The predicted molar refractivity (Wildman–Crippen MR) is 86.4 cm³/mol. The second kappa shape index (κ2) is 6.26. The highest BCUT2D eigenvalue weighted by Crippen LogP contribution is 2.25. The molecule has 118 valence electrons. The Labute approximate surface area is 134 Å². The van der Waals surface area contributed by atoms with E-state index in [1.807, 2.05) is 16.7 Å². The SMILES string of the molecule is CC(C)n1c(Cl)nc2cc(C(=O)NCC3CCCO3)ccc21.